The van der Waals surface area contributed by atoms with Gasteiger partial charge in [-0.3, -0.25) is 4.79 Å². The van der Waals surface area contributed by atoms with Gasteiger partial charge in [-0.05, 0) is 56.9 Å². The van der Waals surface area contributed by atoms with Crippen LogP contribution in [0, 0.1) is 22.7 Å². The first-order valence-corrected chi connectivity index (χ1v) is 6.99. The van der Waals surface area contributed by atoms with Gasteiger partial charge >= 0.3 is 0 Å². The quantitative estimate of drug-likeness (QED) is 0.918. The molecule has 21 heavy (non-hydrogen) atoms. The maximum atomic E-state index is 12.2. The molecule has 1 unspecified atom stereocenters. The Morgan fingerprint density at radius 3 is 2.43 bits per heavy atom. The third-order valence-electron chi connectivity index (χ3n) is 3.70. The largest absolute Gasteiger partial charge is 0.481 e. The Bertz CT molecular complexity index is 589. The second-order valence-electron chi connectivity index (χ2n) is 5.29. The maximum absolute atomic E-state index is 12.2. The van der Waals surface area contributed by atoms with Crippen molar-refractivity contribution in [1.82, 2.24) is 5.32 Å². The van der Waals surface area contributed by atoms with Gasteiger partial charge in [0, 0.05) is 0 Å². The van der Waals surface area contributed by atoms with Crippen molar-refractivity contribution in [3.05, 3.63) is 29.8 Å². The van der Waals surface area contributed by atoms with E-state index in [-0.39, 0.29) is 5.91 Å². The highest BCUT2D eigenvalue weighted by molar-refractivity contribution is 5.82. The zero-order chi connectivity index (χ0) is 15.3. The standard InChI is InChI=1S/C16H17N3O2/c1-12(21-14-6-4-13(10-17)5-7-14)15(20)19-16(11-18)8-2-3-9-16/h4-7,12H,2-3,8-9H2,1H3,(H,19,20). The van der Waals surface area contributed by atoms with E-state index in [1.165, 1.54) is 0 Å². The predicted molar refractivity (Wildman–Crippen MR) is 76.2 cm³/mol. The lowest BCUT2D eigenvalue weighted by atomic mass is 9.99. The highest BCUT2D eigenvalue weighted by atomic mass is 16.5. The van der Waals surface area contributed by atoms with Crippen molar-refractivity contribution in [2.45, 2.75) is 44.2 Å². The van der Waals surface area contributed by atoms with Gasteiger partial charge in [0.1, 0.15) is 11.3 Å². The molecule has 5 nitrogen and oxygen atoms in total. The lowest BCUT2D eigenvalue weighted by Gasteiger charge is -2.24. The first-order valence-electron chi connectivity index (χ1n) is 6.99. The summed E-state index contributed by atoms with van der Waals surface area (Å²) in [6.07, 6.45) is 2.61. The van der Waals surface area contributed by atoms with E-state index in [9.17, 15) is 10.1 Å². The van der Waals surface area contributed by atoms with Crippen LogP contribution in [0.25, 0.3) is 0 Å². The molecule has 0 aliphatic heterocycles. The fourth-order valence-electron chi connectivity index (χ4n) is 2.45. The molecule has 0 heterocycles. The minimum atomic E-state index is -0.737. The normalized spacial score (nSPS) is 17.3. The lowest BCUT2D eigenvalue weighted by Crippen LogP contribution is -2.49. The molecule has 0 aromatic heterocycles. The zero-order valence-electron chi connectivity index (χ0n) is 11.9. The second-order valence-corrected chi connectivity index (χ2v) is 5.29. The van der Waals surface area contributed by atoms with E-state index < -0.39 is 11.6 Å². The van der Waals surface area contributed by atoms with Crippen molar-refractivity contribution >= 4 is 5.91 Å². The molecule has 108 valence electrons. The lowest BCUT2D eigenvalue weighted by molar-refractivity contribution is -0.128. The van der Waals surface area contributed by atoms with Crippen molar-refractivity contribution in [2.75, 3.05) is 0 Å². The molecule has 1 aliphatic carbocycles. The van der Waals surface area contributed by atoms with Crippen molar-refractivity contribution in [3.8, 4) is 17.9 Å². The molecule has 1 aliphatic rings. The highest BCUT2D eigenvalue weighted by Gasteiger charge is 2.36. The van der Waals surface area contributed by atoms with E-state index in [0.29, 0.717) is 24.2 Å². The summed E-state index contributed by atoms with van der Waals surface area (Å²) in [5, 5.41) is 20.8. The Balaban J connectivity index is 1.96. The van der Waals surface area contributed by atoms with Gasteiger partial charge in [-0.15, -0.1) is 0 Å². The summed E-state index contributed by atoms with van der Waals surface area (Å²) in [5.41, 5.74) is -0.201. The van der Waals surface area contributed by atoms with E-state index in [0.717, 1.165) is 12.8 Å². The van der Waals surface area contributed by atoms with Gasteiger partial charge in [-0.2, -0.15) is 10.5 Å². The molecule has 0 saturated heterocycles. The van der Waals surface area contributed by atoms with Crippen LogP contribution >= 0.6 is 0 Å². The smallest absolute Gasteiger partial charge is 0.262 e. The first-order chi connectivity index (χ1) is 10.1. The summed E-state index contributed by atoms with van der Waals surface area (Å²) in [4.78, 5) is 12.2. The van der Waals surface area contributed by atoms with Crippen LogP contribution in [-0.4, -0.2) is 17.6 Å². The number of benzene rings is 1. The number of hydrogen-bond donors (Lipinski definition) is 1. The first kappa shape index (κ1) is 14.9. The number of ether oxygens (including phenoxy) is 1. The molecule has 1 N–H and O–H groups in total. The maximum Gasteiger partial charge on any atom is 0.262 e. The molecule has 0 bridgehead atoms. The molecule has 2 rings (SSSR count). The van der Waals surface area contributed by atoms with Gasteiger partial charge in [0.15, 0.2) is 6.10 Å². The minimum Gasteiger partial charge on any atom is -0.481 e. The molecule has 0 radical (unpaired) electrons. The number of nitriles is 2. The number of carbonyl (C=O) groups is 1. The van der Waals surface area contributed by atoms with Crippen LogP contribution in [0.3, 0.4) is 0 Å². The Kier molecular flexibility index (Phi) is 4.45. The van der Waals surface area contributed by atoms with Crippen LogP contribution in [0.4, 0.5) is 0 Å². The minimum absolute atomic E-state index is 0.289. The van der Waals surface area contributed by atoms with Crippen LogP contribution in [0.2, 0.25) is 0 Å². The average molecular weight is 283 g/mol. The van der Waals surface area contributed by atoms with E-state index in [2.05, 4.69) is 11.4 Å². The molecule has 1 fully saturated rings. The van der Waals surface area contributed by atoms with Crippen LogP contribution in [-0.2, 0) is 4.79 Å². The van der Waals surface area contributed by atoms with Crippen LogP contribution < -0.4 is 10.1 Å². The molecule has 1 amide bonds. The fraction of sp³-hybridized carbons (Fsp3) is 0.438. The van der Waals surface area contributed by atoms with Gasteiger partial charge in [0.25, 0.3) is 5.91 Å². The van der Waals surface area contributed by atoms with E-state index >= 15 is 0 Å². The van der Waals surface area contributed by atoms with Crippen molar-refractivity contribution < 1.29 is 9.53 Å². The summed E-state index contributed by atoms with van der Waals surface area (Å²) < 4.78 is 5.54. The highest BCUT2D eigenvalue weighted by Crippen LogP contribution is 2.29. The summed E-state index contributed by atoms with van der Waals surface area (Å²) in [6.45, 7) is 1.65. The van der Waals surface area contributed by atoms with Crippen LogP contribution in [0.15, 0.2) is 24.3 Å². The molecule has 1 saturated carbocycles. The summed E-state index contributed by atoms with van der Waals surface area (Å²) in [7, 11) is 0. The summed E-state index contributed by atoms with van der Waals surface area (Å²) in [6, 6.07) is 10.8. The molecular weight excluding hydrogens is 266 g/mol. The van der Waals surface area contributed by atoms with Gasteiger partial charge in [0.2, 0.25) is 0 Å². The van der Waals surface area contributed by atoms with Crippen molar-refractivity contribution in [2.24, 2.45) is 0 Å². The Hall–Kier alpha value is -2.53. The van der Waals surface area contributed by atoms with E-state index in [1.54, 1.807) is 31.2 Å². The molecule has 0 spiro atoms. The summed E-state index contributed by atoms with van der Waals surface area (Å²) in [5.74, 6) is 0.233. The molecule has 1 aromatic carbocycles. The third kappa shape index (κ3) is 3.52. The van der Waals surface area contributed by atoms with Gasteiger partial charge < -0.3 is 10.1 Å². The zero-order valence-corrected chi connectivity index (χ0v) is 11.9. The van der Waals surface area contributed by atoms with E-state index in [4.69, 9.17) is 10.00 Å². The van der Waals surface area contributed by atoms with Gasteiger partial charge in [-0.25, -0.2) is 0 Å². The Morgan fingerprint density at radius 1 is 1.29 bits per heavy atom. The molecule has 1 atom stereocenters. The van der Waals surface area contributed by atoms with Crippen molar-refractivity contribution in [1.29, 1.82) is 10.5 Å². The number of amides is 1. The Morgan fingerprint density at radius 2 is 1.90 bits per heavy atom. The SMILES string of the molecule is CC(Oc1ccc(C#N)cc1)C(=O)NC1(C#N)CCCC1. The average Bonchev–Trinajstić information content (AvgIpc) is 2.97. The number of nitrogens with one attached hydrogen (secondary N) is 1. The summed E-state index contributed by atoms with van der Waals surface area (Å²) >= 11 is 0. The predicted octanol–water partition coefficient (Wildman–Crippen LogP) is 2.28. The molecular formula is C16H17N3O2. The third-order valence-corrected chi connectivity index (χ3v) is 3.70. The van der Waals surface area contributed by atoms with Gasteiger partial charge in [0.05, 0.1) is 17.7 Å². The topological polar surface area (TPSA) is 85.9 Å². The fourth-order valence-corrected chi connectivity index (χ4v) is 2.45. The van der Waals surface area contributed by atoms with Crippen molar-refractivity contribution in [3.63, 3.8) is 0 Å². The monoisotopic (exact) mass is 283 g/mol. The number of carbonyl (C=O) groups excluding carboxylic acids is 1. The van der Waals surface area contributed by atoms with Gasteiger partial charge in [-0.1, -0.05) is 0 Å². The Labute approximate surface area is 124 Å². The number of nitrogens with zero attached hydrogens (tertiary/aromatic N) is 2. The van der Waals surface area contributed by atoms with E-state index in [1.807, 2.05) is 6.07 Å². The molecule has 5 heteroatoms. The number of rotatable bonds is 4. The van der Waals surface area contributed by atoms with Crippen LogP contribution in [0.1, 0.15) is 38.2 Å². The molecule has 1 aromatic rings. The van der Waals surface area contributed by atoms with Crippen LogP contribution in [0.5, 0.6) is 5.75 Å². The second kappa shape index (κ2) is 6.28. The number of hydrogen-bond acceptors (Lipinski definition) is 4.